The molecule has 0 aliphatic rings. The Morgan fingerprint density at radius 3 is 2.61 bits per heavy atom. The van der Waals surface area contributed by atoms with E-state index < -0.39 is 0 Å². The largest absolute Gasteiger partial charge is 0.478 e. The summed E-state index contributed by atoms with van der Waals surface area (Å²) in [6.07, 6.45) is 3.50. The molecule has 4 aromatic rings. The lowest BCUT2D eigenvalue weighted by Crippen LogP contribution is -2.04. The molecule has 0 unspecified atom stereocenters. The molecule has 0 saturated heterocycles. The number of hydrogen-bond acceptors (Lipinski definition) is 7. The van der Waals surface area contributed by atoms with Gasteiger partial charge >= 0.3 is 0 Å². The molecular formula is C25H30N6O2. The third-order valence-electron chi connectivity index (χ3n) is 5.27. The number of nitrogens with zero attached hydrogens (tertiary/aromatic N) is 5. The number of fused-ring (bicyclic) bond motifs is 1. The summed E-state index contributed by atoms with van der Waals surface area (Å²) in [6.45, 7) is 9.91. The smallest absolute Gasteiger partial charge is 0.222 e. The van der Waals surface area contributed by atoms with Crippen LogP contribution in [0, 0.1) is 0 Å². The second-order valence-electron chi connectivity index (χ2n) is 8.00. The van der Waals surface area contributed by atoms with Crippen molar-refractivity contribution in [1.82, 2.24) is 24.7 Å². The Morgan fingerprint density at radius 2 is 1.85 bits per heavy atom. The van der Waals surface area contributed by atoms with Crippen molar-refractivity contribution < 1.29 is 9.47 Å². The summed E-state index contributed by atoms with van der Waals surface area (Å²) in [5.41, 5.74) is 5.49. The number of ether oxygens (including phenoxy) is 2. The zero-order valence-electron chi connectivity index (χ0n) is 19.8. The molecule has 0 saturated carbocycles. The number of nitrogens with one attached hydrogen (secondary N) is 1. The summed E-state index contributed by atoms with van der Waals surface area (Å²) in [4.78, 5) is 13.6. The van der Waals surface area contributed by atoms with Gasteiger partial charge in [0.1, 0.15) is 0 Å². The normalized spacial score (nSPS) is 11.2. The SMILES string of the molecule is CCOc1cc(CNc2cc(-c3cccnc3OCC)nc3c2c(C(C)C)nn3C)ccn1. The Labute approximate surface area is 194 Å². The van der Waals surface area contributed by atoms with Gasteiger partial charge in [0.2, 0.25) is 11.8 Å². The van der Waals surface area contributed by atoms with Crippen molar-refractivity contribution in [2.24, 2.45) is 7.05 Å². The number of aryl methyl sites for hydroxylation is 1. The number of hydrogen-bond donors (Lipinski definition) is 1. The average molecular weight is 447 g/mol. The summed E-state index contributed by atoms with van der Waals surface area (Å²) >= 11 is 0. The standard InChI is InChI=1S/C25H30N6O2/c1-6-32-21-13-17(10-12-26-21)15-28-20-14-19(18-9-8-11-27-25(18)33-7-2)29-24-22(20)23(16(3)4)30-31(24)5/h8-14,16H,6-7,15H2,1-5H3,(H,28,29). The molecule has 8 nitrogen and oxygen atoms in total. The molecular weight excluding hydrogens is 416 g/mol. The second-order valence-corrected chi connectivity index (χ2v) is 8.00. The second kappa shape index (κ2) is 9.85. The molecule has 4 heterocycles. The molecule has 0 spiro atoms. The van der Waals surface area contributed by atoms with Crippen LogP contribution in [0.3, 0.4) is 0 Å². The van der Waals surface area contributed by atoms with Gasteiger partial charge in [0.15, 0.2) is 5.65 Å². The Bertz CT molecular complexity index is 1250. The first-order valence-corrected chi connectivity index (χ1v) is 11.3. The van der Waals surface area contributed by atoms with Crippen molar-refractivity contribution in [2.75, 3.05) is 18.5 Å². The molecule has 4 rings (SSSR count). The maximum absolute atomic E-state index is 5.77. The Balaban J connectivity index is 1.80. The lowest BCUT2D eigenvalue weighted by Gasteiger charge is -2.14. The maximum Gasteiger partial charge on any atom is 0.222 e. The monoisotopic (exact) mass is 446 g/mol. The highest BCUT2D eigenvalue weighted by Crippen LogP contribution is 2.36. The van der Waals surface area contributed by atoms with Crippen molar-refractivity contribution in [1.29, 1.82) is 0 Å². The van der Waals surface area contributed by atoms with E-state index in [4.69, 9.17) is 19.6 Å². The van der Waals surface area contributed by atoms with Crippen molar-refractivity contribution >= 4 is 16.7 Å². The molecule has 33 heavy (non-hydrogen) atoms. The van der Waals surface area contributed by atoms with Crippen LogP contribution in [0.15, 0.2) is 42.7 Å². The first-order valence-electron chi connectivity index (χ1n) is 11.3. The summed E-state index contributed by atoms with van der Waals surface area (Å²) in [7, 11) is 1.93. The van der Waals surface area contributed by atoms with Crippen LogP contribution >= 0.6 is 0 Å². The Hall–Kier alpha value is -3.68. The maximum atomic E-state index is 5.77. The van der Waals surface area contributed by atoms with Gasteiger partial charge in [-0.2, -0.15) is 5.10 Å². The van der Waals surface area contributed by atoms with Crippen LogP contribution in [0.5, 0.6) is 11.8 Å². The van der Waals surface area contributed by atoms with Crippen LogP contribution in [0.4, 0.5) is 5.69 Å². The summed E-state index contributed by atoms with van der Waals surface area (Å²) < 4.78 is 13.2. The van der Waals surface area contributed by atoms with Crippen LogP contribution in [0.2, 0.25) is 0 Å². The minimum Gasteiger partial charge on any atom is -0.478 e. The highest BCUT2D eigenvalue weighted by Gasteiger charge is 2.20. The van der Waals surface area contributed by atoms with Crippen LogP contribution in [0.25, 0.3) is 22.3 Å². The third-order valence-corrected chi connectivity index (χ3v) is 5.27. The van der Waals surface area contributed by atoms with E-state index in [1.165, 1.54) is 0 Å². The zero-order valence-corrected chi connectivity index (χ0v) is 19.8. The molecule has 1 N–H and O–H groups in total. The third kappa shape index (κ3) is 4.74. The molecule has 4 aromatic heterocycles. The van der Waals surface area contributed by atoms with Crippen LogP contribution in [0.1, 0.15) is 44.9 Å². The lowest BCUT2D eigenvalue weighted by molar-refractivity contribution is 0.326. The average Bonchev–Trinajstić information content (AvgIpc) is 3.15. The van der Waals surface area contributed by atoms with Crippen molar-refractivity contribution in [3.63, 3.8) is 0 Å². The van der Waals surface area contributed by atoms with E-state index in [2.05, 4.69) is 35.2 Å². The van der Waals surface area contributed by atoms with Gasteiger partial charge in [0, 0.05) is 37.7 Å². The summed E-state index contributed by atoms with van der Waals surface area (Å²) in [6, 6.07) is 9.87. The van der Waals surface area contributed by atoms with Gasteiger partial charge in [0.25, 0.3) is 0 Å². The fourth-order valence-electron chi connectivity index (χ4n) is 3.78. The topological polar surface area (TPSA) is 87.0 Å². The van der Waals surface area contributed by atoms with E-state index in [0.29, 0.717) is 31.5 Å². The first-order chi connectivity index (χ1) is 16.0. The van der Waals surface area contributed by atoms with E-state index in [0.717, 1.165) is 39.2 Å². The van der Waals surface area contributed by atoms with Crippen molar-refractivity contribution in [3.8, 4) is 23.0 Å². The highest BCUT2D eigenvalue weighted by molar-refractivity contribution is 5.95. The van der Waals surface area contributed by atoms with Gasteiger partial charge in [-0.25, -0.2) is 15.0 Å². The van der Waals surface area contributed by atoms with Gasteiger partial charge in [-0.3, -0.25) is 4.68 Å². The molecule has 8 heteroatoms. The predicted octanol–water partition coefficient (Wildman–Crippen LogP) is 4.96. The summed E-state index contributed by atoms with van der Waals surface area (Å²) in [5.74, 6) is 1.45. The number of anilines is 1. The van der Waals surface area contributed by atoms with E-state index >= 15 is 0 Å². The van der Waals surface area contributed by atoms with Crippen LogP contribution in [-0.4, -0.2) is 37.9 Å². The van der Waals surface area contributed by atoms with Gasteiger partial charge in [-0.05, 0) is 49.6 Å². The highest BCUT2D eigenvalue weighted by atomic mass is 16.5. The lowest BCUT2D eigenvalue weighted by atomic mass is 10.0. The zero-order chi connectivity index (χ0) is 23.4. The van der Waals surface area contributed by atoms with E-state index in [9.17, 15) is 0 Å². The predicted molar refractivity (Wildman–Crippen MR) is 130 cm³/mol. The minimum absolute atomic E-state index is 0.254. The Kier molecular flexibility index (Phi) is 6.72. The quantitative estimate of drug-likeness (QED) is 0.389. The number of pyridine rings is 3. The molecule has 0 radical (unpaired) electrons. The summed E-state index contributed by atoms with van der Waals surface area (Å²) in [5, 5.41) is 9.40. The molecule has 172 valence electrons. The van der Waals surface area contributed by atoms with Crippen molar-refractivity contribution in [2.45, 2.75) is 40.2 Å². The van der Waals surface area contributed by atoms with E-state index in [1.54, 1.807) is 12.4 Å². The molecule has 0 aromatic carbocycles. The molecule has 0 amide bonds. The Morgan fingerprint density at radius 1 is 1.03 bits per heavy atom. The number of rotatable bonds is 9. The fourth-order valence-corrected chi connectivity index (χ4v) is 3.78. The van der Waals surface area contributed by atoms with Crippen LogP contribution < -0.4 is 14.8 Å². The van der Waals surface area contributed by atoms with E-state index in [1.807, 2.05) is 49.8 Å². The van der Waals surface area contributed by atoms with Gasteiger partial charge in [0.05, 0.1) is 35.6 Å². The molecule has 0 aliphatic carbocycles. The minimum atomic E-state index is 0.254. The van der Waals surface area contributed by atoms with Gasteiger partial charge in [-0.15, -0.1) is 0 Å². The molecule has 0 fully saturated rings. The van der Waals surface area contributed by atoms with Gasteiger partial charge < -0.3 is 14.8 Å². The number of aromatic nitrogens is 5. The van der Waals surface area contributed by atoms with Crippen LogP contribution in [-0.2, 0) is 13.6 Å². The molecule has 0 aliphatic heterocycles. The van der Waals surface area contributed by atoms with E-state index in [-0.39, 0.29) is 5.92 Å². The molecule has 0 bridgehead atoms. The van der Waals surface area contributed by atoms with Gasteiger partial charge in [-0.1, -0.05) is 13.8 Å². The molecule has 0 atom stereocenters. The first kappa shape index (κ1) is 22.5. The fraction of sp³-hybridized carbons (Fsp3) is 0.360. The van der Waals surface area contributed by atoms with Crippen molar-refractivity contribution in [3.05, 3.63) is 54.0 Å².